The number of hydrogen-bond acceptors (Lipinski definition) is 5. The Hall–Kier alpha value is -0.0700. The van der Waals surface area contributed by atoms with Crippen LogP contribution in [0.4, 0.5) is 0 Å². The number of hydrogen-bond donors (Lipinski definition) is 0. The van der Waals surface area contributed by atoms with E-state index in [0.29, 0.717) is 5.75 Å². The van der Waals surface area contributed by atoms with Crippen LogP contribution in [0.2, 0.25) is 0 Å². The predicted molar refractivity (Wildman–Crippen MR) is 57.3 cm³/mol. The maximum atomic E-state index is 10.8. The van der Waals surface area contributed by atoms with Crippen molar-refractivity contribution < 1.29 is 8.42 Å². The van der Waals surface area contributed by atoms with Crippen molar-refractivity contribution in [1.82, 2.24) is 4.98 Å². The van der Waals surface area contributed by atoms with Gasteiger partial charge < -0.3 is 0 Å². The highest BCUT2D eigenvalue weighted by Crippen LogP contribution is 2.22. The molecule has 0 amide bonds. The van der Waals surface area contributed by atoms with E-state index < -0.39 is 9.84 Å². The van der Waals surface area contributed by atoms with Crippen molar-refractivity contribution in [2.75, 3.05) is 17.8 Å². The molecule has 13 heavy (non-hydrogen) atoms. The lowest BCUT2D eigenvalue weighted by molar-refractivity contribution is 0.603. The molecule has 0 aliphatic carbocycles. The van der Waals surface area contributed by atoms with E-state index in [4.69, 9.17) is 0 Å². The number of thioether (sulfide) groups is 1. The van der Waals surface area contributed by atoms with Gasteiger partial charge in [-0.3, -0.25) is 0 Å². The molecule has 0 spiro atoms. The van der Waals surface area contributed by atoms with Crippen molar-refractivity contribution in [2.45, 2.75) is 11.3 Å². The number of sulfone groups is 1. The Morgan fingerprint density at radius 1 is 1.62 bits per heavy atom. The highest BCUT2D eigenvalue weighted by atomic mass is 32.2. The Morgan fingerprint density at radius 3 is 2.77 bits per heavy atom. The van der Waals surface area contributed by atoms with Gasteiger partial charge in [0.15, 0.2) is 0 Å². The zero-order chi connectivity index (χ0) is 9.90. The van der Waals surface area contributed by atoms with Gasteiger partial charge in [-0.1, -0.05) is 11.8 Å². The fourth-order valence-electron chi connectivity index (χ4n) is 0.679. The van der Waals surface area contributed by atoms with Gasteiger partial charge in [0.1, 0.15) is 14.2 Å². The van der Waals surface area contributed by atoms with Crippen LogP contribution in [0.5, 0.6) is 0 Å². The Morgan fingerprint density at radius 2 is 2.31 bits per heavy atom. The minimum atomic E-state index is -2.83. The Bertz CT molecular complexity index is 369. The van der Waals surface area contributed by atoms with E-state index >= 15 is 0 Å². The molecule has 1 aromatic heterocycles. The minimum Gasteiger partial charge on any atom is -0.235 e. The highest BCUT2D eigenvalue weighted by molar-refractivity contribution is 8.02. The number of thiazole rings is 1. The fraction of sp³-hybridized carbons (Fsp3) is 0.571. The third kappa shape index (κ3) is 4.64. The Labute approximate surface area is 86.5 Å². The van der Waals surface area contributed by atoms with E-state index in [-0.39, 0.29) is 5.75 Å². The van der Waals surface area contributed by atoms with Crippen molar-refractivity contribution in [3.8, 4) is 0 Å². The summed E-state index contributed by atoms with van der Waals surface area (Å²) in [4.78, 5) is 4.22. The molecule has 1 aromatic rings. The Balaban J connectivity index is 2.36. The summed E-state index contributed by atoms with van der Waals surface area (Å²) in [5, 5.41) is 1.96. The monoisotopic (exact) mass is 237 g/mol. The van der Waals surface area contributed by atoms with Gasteiger partial charge in [0.25, 0.3) is 0 Å². The van der Waals surface area contributed by atoms with Gasteiger partial charge in [-0.25, -0.2) is 13.4 Å². The summed E-state index contributed by atoms with van der Waals surface area (Å²) >= 11 is 3.05. The molecule has 74 valence electrons. The lowest BCUT2D eigenvalue weighted by atomic mass is 10.6. The van der Waals surface area contributed by atoms with Gasteiger partial charge in [-0.05, 0) is 6.92 Å². The van der Waals surface area contributed by atoms with E-state index in [1.165, 1.54) is 18.0 Å². The maximum Gasteiger partial charge on any atom is 0.150 e. The molecular formula is C7H11NO2S3. The van der Waals surface area contributed by atoms with Crippen molar-refractivity contribution in [3.63, 3.8) is 0 Å². The quantitative estimate of drug-likeness (QED) is 0.746. The second-order valence-corrected chi connectivity index (χ2v) is 7.19. The molecule has 0 saturated carbocycles. The molecule has 0 N–H and O–H groups in total. The van der Waals surface area contributed by atoms with Crippen LogP contribution in [0.1, 0.15) is 5.69 Å². The maximum absolute atomic E-state index is 10.8. The van der Waals surface area contributed by atoms with Crippen LogP contribution >= 0.6 is 23.1 Å². The van der Waals surface area contributed by atoms with Gasteiger partial charge in [-0.15, -0.1) is 11.3 Å². The van der Waals surface area contributed by atoms with E-state index in [1.807, 2.05) is 12.3 Å². The SMILES string of the molecule is Cc1csc(SCCS(C)(=O)=O)n1. The molecule has 0 unspecified atom stereocenters. The summed E-state index contributed by atoms with van der Waals surface area (Å²) in [7, 11) is -2.83. The average Bonchev–Trinajstić information content (AvgIpc) is 2.33. The Kier molecular flexibility index (Phi) is 3.75. The number of aromatic nitrogens is 1. The molecule has 3 nitrogen and oxygen atoms in total. The summed E-state index contributed by atoms with van der Waals surface area (Å²) in [5.41, 5.74) is 0.992. The smallest absolute Gasteiger partial charge is 0.150 e. The molecule has 0 bridgehead atoms. The number of aryl methyl sites for hydroxylation is 1. The van der Waals surface area contributed by atoms with Gasteiger partial charge in [0.05, 0.1) is 5.75 Å². The van der Waals surface area contributed by atoms with Crippen LogP contribution < -0.4 is 0 Å². The van der Waals surface area contributed by atoms with E-state index in [9.17, 15) is 8.42 Å². The third-order valence-corrected chi connectivity index (χ3v) is 4.62. The van der Waals surface area contributed by atoms with Crippen LogP contribution in [0.15, 0.2) is 9.72 Å². The van der Waals surface area contributed by atoms with E-state index in [0.717, 1.165) is 10.0 Å². The summed E-state index contributed by atoms with van der Waals surface area (Å²) in [5.74, 6) is 0.808. The first-order valence-electron chi connectivity index (χ1n) is 3.70. The third-order valence-electron chi connectivity index (χ3n) is 1.28. The zero-order valence-electron chi connectivity index (χ0n) is 7.48. The normalized spacial score (nSPS) is 11.8. The van der Waals surface area contributed by atoms with Crippen molar-refractivity contribution >= 4 is 32.9 Å². The molecule has 1 heterocycles. The molecular weight excluding hydrogens is 226 g/mol. The second kappa shape index (κ2) is 4.43. The number of rotatable bonds is 4. The largest absolute Gasteiger partial charge is 0.235 e. The lowest BCUT2D eigenvalue weighted by Gasteiger charge is -1.95. The molecule has 0 atom stereocenters. The highest BCUT2D eigenvalue weighted by Gasteiger charge is 2.04. The minimum absolute atomic E-state index is 0.219. The van der Waals surface area contributed by atoms with Gasteiger partial charge >= 0.3 is 0 Å². The predicted octanol–water partition coefficient (Wildman–Crippen LogP) is 1.59. The summed E-state index contributed by atoms with van der Waals surface area (Å²) in [6.45, 7) is 1.93. The van der Waals surface area contributed by atoms with Crippen LogP contribution in [0.3, 0.4) is 0 Å². The van der Waals surface area contributed by atoms with Crippen molar-refractivity contribution in [2.24, 2.45) is 0 Å². The molecule has 1 rings (SSSR count). The van der Waals surface area contributed by atoms with Gasteiger partial charge in [0.2, 0.25) is 0 Å². The zero-order valence-corrected chi connectivity index (χ0v) is 9.93. The summed E-state index contributed by atoms with van der Waals surface area (Å²) in [6, 6.07) is 0. The first kappa shape index (κ1) is 11.0. The molecule has 0 saturated heterocycles. The van der Waals surface area contributed by atoms with E-state index in [2.05, 4.69) is 4.98 Å². The van der Waals surface area contributed by atoms with Gasteiger partial charge in [0, 0.05) is 23.1 Å². The van der Waals surface area contributed by atoms with Crippen LogP contribution in [-0.2, 0) is 9.84 Å². The second-order valence-electron chi connectivity index (χ2n) is 2.73. The lowest BCUT2D eigenvalue weighted by Crippen LogP contribution is -2.04. The average molecular weight is 237 g/mol. The molecule has 0 aliphatic heterocycles. The van der Waals surface area contributed by atoms with Gasteiger partial charge in [-0.2, -0.15) is 0 Å². The number of nitrogens with zero attached hydrogens (tertiary/aromatic N) is 1. The van der Waals surface area contributed by atoms with E-state index in [1.54, 1.807) is 11.3 Å². The molecule has 6 heteroatoms. The van der Waals surface area contributed by atoms with Crippen molar-refractivity contribution in [1.29, 1.82) is 0 Å². The fourth-order valence-corrected chi connectivity index (χ4v) is 3.79. The van der Waals surface area contributed by atoms with Crippen LogP contribution in [-0.4, -0.2) is 31.2 Å². The van der Waals surface area contributed by atoms with Crippen LogP contribution in [0.25, 0.3) is 0 Å². The first-order valence-corrected chi connectivity index (χ1v) is 7.62. The van der Waals surface area contributed by atoms with Crippen LogP contribution in [0, 0.1) is 6.92 Å². The summed E-state index contributed by atoms with van der Waals surface area (Å²) < 4.78 is 22.5. The first-order chi connectivity index (χ1) is 5.97. The van der Waals surface area contributed by atoms with Crippen molar-refractivity contribution in [3.05, 3.63) is 11.1 Å². The molecule has 0 radical (unpaired) electrons. The molecule has 0 aliphatic rings. The molecule has 0 aromatic carbocycles. The topological polar surface area (TPSA) is 47.0 Å². The summed E-state index contributed by atoms with van der Waals surface area (Å²) in [6.07, 6.45) is 1.25. The molecule has 0 fully saturated rings. The standard InChI is InChI=1S/C7H11NO2S3/c1-6-5-12-7(8-6)11-3-4-13(2,9)10/h5H,3-4H2,1-2H3.